The van der Waals surface area contributed by atoms with E-state index >= 15 is 0 Å². The third-order valence-electron chi connectivity index (χ3n) is 4.23. The fourth-order valence-corrected chi connectivity index (χ4v) is 3.58. The number of aromatic amines is 1. The molecule has 2 saturated heterocycles. The number of fused-ring (bicyclic) bond motifs is 2. The van der Waals surface area contributed by atoms with Crippen LogP contribution in [-0.4, -0.2) is 33.1 Å². The Hall–Kier alpha value is -1.85. The van der Waals surface area contributed by atoms with E-state index in [0.717, 1.165) is 25.7 Å². The zero-order chi connectivity index (χ0) is 13.4. The first-order valence-electron chi connectivity index (χ1n) is 6.69. The first-order valence-corrected chi connectivity index (χ1v) is 6.69. The van der Waals surface area contributed by atoms with E-state index in [0.29, 0.717) is 5.82 Å². The summed E-state index contributed by atoms with van der Waals surface area (Å²) in [5.74, 6) is -0.00801. The zero-order valence-corrected chi connectivity index (χ0v) is 10.6. The van der Waals surface area contributed by atoms with Gasteiger partial charge in [-0.15, -0.1) is 0 Å². The van der Waals surface area contributed by atoms with Crippen LogP contribution < -0.4 is 10.5 Å². The molecular weight excluding hydrogens is 246 g/mol. The molecule has 0 aliphatic carbocycles. The summed E-state index contributed by atoms with van der Waals surface area (Å²) < 4.78 is 0. The number of aromatic nitrogens is 2. The van der Waals surface area contributed by atoms with Gasteiger partial charge in [-0.3, -0.25) is 9.59 Å². The van der Waals surface area contributed by atoms with Gasteiger partial charge in [0, 0.05) is 30.9 Å². The molecule has 2 aliphatic rings. The predicted octanol–water partition coefficient (Wildman–Crippen LogP) is 0.992. The van der Waals surface area contributed by atoms with Crippen molar-refractivity contribution in [3.05, 3.63) is 22.7 Å². The maximum absolute atomic E-state index is 11.8. The molecule has 0 spiro atoms. The number of piperidine rings is 1. The van der Waals surface area contributed by atoms with Crippen molar-refractivity contribution < 1.29 is 9.90 Å². The van der Waals surface area contributed by atoms with E-state index in [4.69, 9.17) is 5.11 Å². The number of rotatable bonds is 3. The number of anilines is 1. The molecular formula is C13H17N3O3. The Morgan fingerprint density at radius 2 is 2.11 bits per heavy atom. The Morgan fingerprint density at radius 1 is 1.42 bits per heavy atom. The molecule has 2 unspecified atom stereocenters. The first-order chi connectivity index (χ1) is 9.15. The summed E-state index contributed by atoms with van der Waals surface area (Å²) in [5.41, 5.74) is -0.156. The highest BCUT2D eigenvalue weighted by Crippen LogP contribution is 2.40. The summed E-state index contributed by atoms with van der Waals surface area (Å²) in [6.45, 7) is 0. The second-order valence-electron chi connectivity index (χ2n) is 5.47. The van der Waals surface area contributed by atoms with E-state index in [1.807, 2.05) is 0 Å². The van der Waals surface area contributed by atoms with Crippen molar-refractivity contribution >= 4 is 11.8 Å². The van der Waals surface area contributed by atoms with E-state index in [1.165, 1.54) is 6.20 Å². The molecule has 0 saturated carbocycles. The number of hydrogen-bond acceptors (Lipinski definition) is 4. The Morgan fingerprint density at radius 3 is 2.68 bits per heavy atom. The third-order valence-corrected chi connectivity index (χ3v) is 4.23. The van der Waals surface area contributed by atoms with Crippen molar-refractivity contribution in [1.29, 1.82) is 0 Å². The van der Waals surface area contributed by atoms with E-state index in [1.54, 1.807) is 6.20 Å². The number of hydrogen-bond donors (Lipinski definition) is 2. The zero-order valence-electron chi connectivity index (χ0n) is 10.6. The number of nitrogens with one attached hydrogen (secondary N) is 1. The van der Waals surface area contributed by atoms with Gasteiger partial charge in [-0.2, -0.15) is 0 Å². The normalized spacial score (nSPS) is 29.5. The van der Waals surface area contributed by atoms with Gasteiger partial charge >= 0.3 is 5.97 Å². The molecule has 2 N–H and O–H groups in total. The van der Waals surface area contributed by atoms with Crippen LogP contribution in [0, 0.1) is 5.92 Å². The van der Waals surface area contributed by atoms with E-state index < -0.39 is 5.97 Å². The van der Waals surface area contributed by atoms with Crippen molar-refractivity contribution in [3.63, 3.8) is 0 Å². The molecule has 0 amide bonds. The summed E-state index contributed by atoms with van der Waals surface area (Å²) in [5, 5.41) is 8.90. The van der Waals surface area contributed by atoms with E-state index in [2.05, 4.69) is 14.9 Å². The van der Waals surface area contributed by atoms with Gasteiger partial charge in [0.25, 0.3) is 5.56 Å². The molecule has 6 nitrogen and oxygen atoms in total. The van der Waals surface area contributed by atoms with Gasteiger partial charge in [-0.1, -0.05) is 0 Å². The minimum Gasteiger partial charge on any atom is -0.481 e. The minimum atomic E-state index is -0.728. The number of carboxylic acid groups (broad SMARTS) is 1. The molecule has 2 bridgehead atoms. The van der Waals surface area contributed by atoms with Crippen molar-refractivity contribution in [2.24, 2.45) is 5.92 Å². The topological polar surface area (TPSA) is 86.3 Å². The lowest BCUT2D eigenvalue weighted by Crippen LogP contribution is -2.46. The Balaban J connectivity index is 1.82. The van der Waals surface area contributed by atoms with Crippen molar-refractivity contribution in [2.45, 2.75) is 44.2 Å². The Labute approximate surface area is 110 Å². The first kappa shape index (κ1) is 12.2. The summed E-state index contributed by atoms with van der Waals surface area (Å²) in [6, 6.07) is 0.526. The van der Waals surface area contributed by atoms with Crippen LogP contribution in [0.5, 0.6) is 0 Å². The quantitative estimate of drug-likeness (QED) is 0.849. The maximum Gasteiger partial charge on any atom is 0.303 e. The van der Waals surface area contributed by atoms with Gasteiger partial charge in [0.2, 0.25) is 0 Å². The van der Waals surface area contributed by atoms with Crippen LogP contribution in [0.1, 0.15) is 32.1 Å². The summed E-state index contributed by atoms with van der Waals surface area (Å²) in [6.07, 6.45) is 7.11. The lowest BCUT2D eigenvalue weighted by Gasteiger charge is -2.38. The van der Waals surface area contributed by atoms with Gasteiger partial charge in [0.05, 0.1) is 0 Å². The maximum atomic E-state index is 11.8. The van der Waals surface area contributed by atoms with Crippen molar-refractivity contribution in [3.8, 4) is 0 Å². The monoisotopic (exact) mass is 263 g/mol. The average molecular weight is 263 g/mol. The molecule has 19 heavy (non-hydrogen) atoms. The molecule has 6 heteroatoms. The smallest absolute Gasteiger partial charge is 0.303 e. The van der Waals surface area contributed by atoms with Gasteiger partial charge in [-0.25, -0.2) is 4.98 Å². The second-order valence-corrected chi connectivity index (χ2v) is 5.47. The van der Waals surface area contributed by atoms with Gasteiger partial charge < -0.3 is 15.0 Å². The molecule has 0 aromatic carbocycles. The Kier molecular flexibility index (Phi) is 3.00. The molecule has 2 aliphatic heterocycles. The lowest BCUT2D eigenvalue weighted by atomic mass is 9.88. The van der Waals surface area contributed by atoms with E-state index in [9.17, 15) is 9.59 Å². The van der Waals surface area contributed by atoms with Crippen LogP contribution in [0.2, 0.25) is 0 Å². The van der Waals surface area contributed by atoms with Crippen molar-refractivity contribution in [1.82, 2.24) is 9.97 Å². The van der Waals surface area contributed by atoms with Gasteiger partial charge in [0.15, 0.2) is 5.82 Å². The number of H-pyrrole nitrogens is 1. The Bertz CT molecular complexity index is 528. The highest BCUT2D eigenvalue weighted by molar-refractivity contribution is 5.67. The number of nitrogens with zero attached hydrogens (tertiary/aromatic N) is 2. The average Bonchev–Trinajstić information content (AvgIpc) is 2.62. The van der Waals surface area contributed by atoms with Crippen LogP contribution in [0.4, 0.5) is 5.82 Å². The molecule has 1 aromatic heterocycles. The fourth-order valence-electron chi connectivity index (χ4n) is 3.58. The molecule has 3 rings (SSSR count). The van der Waals surface area contributed by atoms with Crippen LogP contribution in [0.3, 0.4) is 0 Å². The predicted molar refractivity (Wildman–Crippen MR) is 69.1 cm³/mol. The van der Waals surface area contributed by atoms with Crippen LogP contribution in [-0.2, 0) is 4.79 Å². The second kappa shape index (κ2) is 4.68. The standard InChI is InChI=1S/C13H17N3O3/c17-11(18)7-8-5-9-1-2-10(6-8)16(9)12-13(19)15-4-3-14-12/h3-4,8-10H,1-2,5-7H2,(H,15,19)(H,17,18). The summed E-state index contributed by atoms with van der Waals surface area (Å²) >= 11 is 0. The summed E-state index contributed by atoms with van der Waals surface area (Å²) in [7, 11) is 0. The highest BCUT2D eigenvalue weighted by Gasteiger charge is 2.42. The summed E-state index contributed by atoms with van der Waals surface area (Å²) in [4.78, 5) is 31.6. The number of carbonyl (C=O) groups is 1. The third kappa shape index (κ3) is 2.22. The highest BCUT2D eigenvalue weighted by atomic mass is 16.4. The van der Waals surface area contributed by atoms with Crippen LogP contribution in [0.25, 0.3) is 0 Å². The number of aliphatic carboxylic acids is 1. The molecule has 2 atom stereocenters. The van der Waals surface area contributed by atoms with Crippen LogP contribution in [0.15, 0.2) is 17.2 Å². The molecule has 102 valence electrons. The fraction of sp³-hybridized carbons (Fsp3) is 0.615. The van der Waals surface area contributed by atoms with Gasteiger partial charge in [-0.05, 0) is 31.6 Å². The molecule has 3 heterocycles. The molecule has 2 fully saturated rings. The van der Waals surface area contributed by atoms with Crippen LogP contribution >= 0.6 is 0 Å². The van der Waals surface area contributed by atoms with Gasteiger partial charge in [0.1, 0.15) is 0 Å². The molecule has 1 aromatic rings. The molecule has 0 radical (unpaired) electrons. The van der Waals surface area contributed by atoms with Crippen molar-refractivity contribution in [2.75, 3.05) is 4.90 Å². The number of carboxylic acids is 1. The SMILES string of the molecule is O=C(O)CC1CC2CCC(C1)N2c1ncc[nH]c1=O. The van der Waals surface area contributed by atoms with E-state index in [-0.39, 0.29) is 30.0 Å². The minimum absolute atomic E-state index is 0.156. The lowest BCUT2D eigenvalue weighted by molar-refractivity contribution is -0.138. The largest absolute Gasteiger partial charge is 0.481 e.